The lowest BCUT2D eigenvalue weighted by Gasteiger charge is -2.30. The van der Waals surface area contributed by atoms with E-state index < -0.39 is 0 Å². The fourth-order valence-corrected chi connectivity index (χ4v) is 4.08. The molecule has 166 valence electrons. The number of fused-ring (bicyclic) bond motifs is 1. The second-order valence-corrected chi connectivity index (χ2v) is 8.10. The number of nitrogens with zero attached hydrogens (tertiary/aromatic N) is 6. The Hall–Kier alpha value is -4.14. The molecule has 0 unspecified atom stereocenters. The minimum Gasteiger partial charge on any atom is -0.343 e. The van der Waals surface area contributed by atoms with Crippen molar-refractivity contribution in [1.29, 1.82) is 0 Å². The summed E-state index contributed by atoms with van der Waals surface area (Å²) in [7, 11) is 0. The van der Waals surface area contributed by atoms with Crippen LogP contribution >= 0.6 is 0 Å². The number of piperidine rings is 1. The van der Waals surface area contributed by atoms with Crippen molar-refractivity contribution in [3.63, 3.8) is 0 Å². The van der Waals surface area contributed by atoms with Gasteiger partial charge in [0.15, 0.2) is 11.5 Å². The molecule has 1 fully saturated rings. The van der Waals surface area contributed by atoms with Crippen LogP contribution in [-0.4, -0.2) is 54.6 Å². The highest BCUT2D eigenvalue weighted by Crippen LogP contribution is 2.25. The lowest BCUT2D eigenvalue weighted by atomic mass is 9.95. The number of carbonyl (C=O) groups is 2. The first-order chi connectivity index (χ1) is 16.1. The number of aromatic nitrogens is 5. The molecule has 3 aromatic heterocycles. The van der Waals surface area contributed by atoms with Crippen molar-refractivity contribution >= 4 is 23.1 Å². The normalized spacial score (nSPS) is 14.4. The van der Waals surface area contributed by atoms with Crippen LogP contribution in [0, 0.1) is 5.92 Å². The molecule has 1 aromatic carbocycles. The number of hydrogen-bond donors (Lipinski definition) is 1. The van der Waals surface area contributed by atoms with Crippen LogP contribution in [0.4, 0.5) is 5.69 Å². The highest BCUT2D eigenvalue weighted by molar-refractivity contribution is 5.93. The number of pyridine rings is 1. The number of nitrogens with one attached hydrogen (secondary N) is 1. The average Bonchev–Trinajstić information content (AvgIpc) is 3.28. The van der Waals surface area contributed by atoms with E-state index in [4.69, 9.17) is 5.10 Å². The minimum absolute atomic E-state index is 0.0172. The van der Waals surface area contributed by atoms with Gasteiger partial charge in [-0.2, -0.15) is 9.61 Å². The lowest BCUT2D eigenvalue weighted by molar-refractivity contribution is -0.132. The molecular weight excluding hydrogens is 418 g/mol. The van der Waals surface area contributed by atoms with Gasteiger partial charge in [0.2, 0.25) is 11.8 Å². The summed E-state index contributed by atoms with van der Waals surface area (Å²) >= 11 is 0. The third-order valence-corrected chi connectivity index (χ3v) is 5.92. The Kier molecular flexibility index (Phi) is 5.52. The zero-order chi connectivity index (χ0) is 22.8. The molecule has 0 saturated carbocycles. The van der Waals surface area contributed by atoms with E-state index in [0.29, 0.717) is 43.1 Å². The van der Waals surface area contributed by atoms with Gasteiger partial charge in [0, 0.05) is 55.1 Å². The van der Waals surface area contributed by atoms with Gasteiger partial charge in [-0.1, -0.05) is 12.1 Å². The minimum atomic E-state index is -0.0993. The smallest absolute Gasteiger partial charge is 0.227 e. The lowest BCUT2D eigenvalue weighted by Crippen LogP contribution is -2.40. The van der Waals surface area contributed by atoms with Crippen molar-refractivity contribution in [2.24, 2.45) is 5.92 Å². The summed E-state index contributed by atoms with van der Waals surface area (Å²) < 4.78 is 1.69. The molecule has 0 bridgehead atoms. The van der Waals surface area contributed by atoms with E-state index in [2.05, 4.69) is 20.5 Å². The van der Waals surface area contributed by atoms with Crippen LogP contribution in [0.2, 0.25) is 0 Å². The second-order valence-electron chi connectivity index (χ2n) is 8.10. The average molecular weight is 441 g/mol. The summed E-state index contributed by atoms with van der Waals surface area (Å²) in [4.78, 5) is 30.2. The van der Waals surface area contributed by atoms with Crippen LogP contribution in [-0.2, 0) is 9.59 Å². The van der Waals surface area contributed by atoms with Gasteiger partial charge < -0.3 is 10.2 Å². The van der Waals surface area contributed by atoms with Gasteiger partial charge in [-0.05, 0) is 49.2 Å². The van der Waals surface area contributed by atoms with Crippen LogP contribution in [0.25, 0.3) is 28.3 Å². The van der Waals surface area contributed by atoms with Gasteiger partial charge in [-0.25, -0.2) is 0 Å². The number of anilines is 1. The van der Waals surface area contributed by atoms with Gasteiger partial charge in [-0.15, -0.1) is 10.2 Å². The fourth-order valence-electron chi connectivity index (χ4n) is 4.08. The van der Waals surface area contributed by atoms with E-state index in [9.17, 15) is 9.59 Å². The van der Waals surface area contributed by atoms with E-state index in [-0.39, 0.29) is 17.7 Å². The number of hydrogen-bond acceptors (Lipinski definition) is 6. The monoisotopic (exact) mass is 441 g/mol. The van der Waals surface area contributed by atoms with E-state index >= 15 is 0 Å². The third-order valence-electron chi connectivity index (χ3n) is 5.92. The second kappa shape index (κ2) is 8.78. The predicted molar refractivity (Wildman–Crippen MR) is 123 cm³/mol. The van der Waals surface area contributed by atoms with Gasteiger partial charge in [0.1, 0.15) is 0 Å². The molecular formula is C24H23N7O2. The van der Waals surface area contributed by atoms with Crippen LogP contribution < -0.4 is 5.32 Å². The topological polar surface area (TPSA) is 105 Å². The summed E-state index contributed by atoms with van der Waals surface area (Å²) in [6, 6.07) is 15.1. The number of carbonyl (C=O) groups excluding carboxylic acids is 2. The summed E-state index contributed by atoms with van der Waals surface area (Å²) in [6.07, 6.45) is 4.78. The first-order valence-electron chi connectivity index (χ1n) is 10.9. The third kappa shape index (κ3) is 4.30. The number of amides is 2. The van der Waals surface area contributed by atoms with Crippen LogP contribution in [0.15, 0.2) is 60.9 Å². The van der Waals surface area contributed by atoms with E-state index in [0.717, 1.165) is 16.8 Å². The highest BCUT2D eigenvalue weighted by atomic mass is 16.2. The quantitative estimate of drug-likeness (QED) is 0.522. The molecule has 0 radical (unpaired) electrons. The standard InChI is InChI=1S/C24H23N7O2/c1-16(32)30-12-9-17(10-13-30)24(33)26-20-6-2-4-18(14-20)21-7-8-22-27-28-23(31(22)29-21)19-5-3-11-25-15-19/h2-8,11,14-15,17H,9-10,12-13H2,1H3,(H,26,33). The Morgan fingerprint density at radius 1 is 1.00 bits per heavy atom. The Morgan fingerprint density at radius 3 is 2.58 bits per heavy atom. The Bertz CT molecular complexity index is 1310. The van der Waals surface area contributed by atoms with Crippen LogP contribution in [0.3, 0.4) is 0 Å². The van der Waals surface area contributed by atoms with Crippen molar-refractivity contribution in [3.8, 4) is 22.6 Å². The molecule has 5 rings (SSSR count). The number of rotatable bonds is 4. The van der Waals surface area contributed by atoms with Gasteiger partial charge in [0.25, 0.3) is 0 Å². The SMILES string of the molecule is CC(=O)N1CCC(C(=O)Nc2cccc(-c3ccc4nnc(-c5cccnc5)n4n3)c2)CC1. The number of benzene rings is 1. The molecule has 0 aliphatic carbocycles. The fraction of sp³-hybridized carbons (Fsp3) is 0.250. The van der Waals surface area contributed by atoms with Gasteiger partial charge in [-0.3, -0.25) is 14.6 Å². The molecule has 1 aliphatic heterocycles. The Labute approximate surface area is 190 Å². The highest BCUT2D eigenvalue weighted by Gasteiger charge is 2.26. The molecule has 9 heteroatoms. The summed E-state index contributed by atoms with van der Waals surface area (Å²) in [5.74, 6) is 0.557. The van der Waals surface area contributed by atoms with E-state index in [1.54, 1.807) is 28.7 Å². The zero-order valence-corrected chi connectivity index (χ0v) is 18.2. The van der Waals surface area contributed by atoms with E-state index in [1.165, 1.54) is 0 Å². The maximum atomic E-state index is 12.8. The van der Waals surface area contributed by atoms with Crippen molar-refractivity contribution < 1.29 is 9.59 Å². The van der Waals surface area contributed by atoms with E-state index in [1.807, 2.05) is 48.5 Å². The Balaban J connectivity index is 1.36. The molecule has 33 heavy (non-hydrogen) atoms. The summed E-state index contributed by atoms with van der Waals surface area (Å²) in [6.45, 7) is 2.81. The van der Waals surface area contributed by atoms with Crippen molar-refractivity contribution in [2.45, 2.75) is 19.8 Å². The molecule has 1 aliphatic rings. The molecule has 0 spiro atoms. The zero-order valence-electron chi connectivity index (χ0n) is 18.2. The first-order valence-corrected chi connectivity index (χ1v) is 10.9. The number of likely N-dealkylation sites (tertiary alicyclic amines) is 1. The van der Waals surface area contributed by atoms with Crippen molar-refractivity contribution in [3.05, 3.63) is 60.9 Å². The molecule has 2 amide bonds. The van der Waals surface area contributed by atoms with Gasteiger partial charge in [0.05, 0.1) is 5.69 Å². The summed E-state index contributed by atoms with van der Waals surface area (Å²) in [5.41, 5.74) is 3.78. The van der Waals surface area contributed by atoms with Crippen LogP contribution in [0.1, 0.15) is 19.8 Å². The maximum absolute atomic E-state index is 12.8. The van der Waals surface area contributed by atoms with Crippen LogP contribution in [0.5, 0.6) is 0 Å². The Morgan fingerprint density at radius 2 is 1.82 bits per heavy atom. The molecule has 0 atom stereocenters. The summed E-state index contributed by atoms with van der Waals surface area (Å²) in [5, 5.41) is 16.2. The largest absolute Gasteiger partial charge is 0.343 e. The van der Waals surface area contributed by atoms with Gasteiger partial charge >= 0.3 is 0 Å². The maximum Gasteiger partial charge on any atom is 0.227 e. The predicted octanol–water partition coefficient (Wildman–Crippen LogP) is 3.05. The van der Waals surface area contributed by atoms with Crippen molar-refractivity contribution in [2.75, 3.05) is 18.4 Å². The van der Waals surface area contributed by atoms with Crippen molar-refractivity contribution in [1.82, 2.24) is 29.7 Å². The molecule has 9 nitrogen and oxygen atoms in total. The molecule has 1 saturated heterocycles. The molecule has 1 N–H and O–H groups in total. The first kappa shape index (κ1) is 20.7. The molecule has 4 aromatic rings. The molecule has 4 heterocycles.